The van der Waals surface area contributed by atoms with E-state index in [-0.39, 0.29) is 24.9 Å². The second kappa shape index (κ2) is 4.40. The van der Waals surface area contributed by atoms with E-state index in [0.29, 0.717) is 0 Å². The zero-order chi connectivity index (χ0) is 10.6. The molecule has 0 saturated heterocycles. The van der Waals surface area contributed by atoms with Crippen LogP contribution in [0, 0.1) is 0 Å². The van der Waals surface area contributed by atoms with Crippen LogP contribution < -0.4 is 5.32 Å². The first-order chi connectivity index (χ1) is 6.65. The maximum absolute atomic E-state index is 11.0. The highest BCUT2D eigenvalue weighted by Crippen LogP contribution is 2.01. The van der Waals surface area contributed by atoms with Crippen molar-refractivity contribution in [3.63, 3.8) is 0 Å². The molecule has 6 nitrogen and oxygen atoms in total. The van der Waals surface area contributed by atoms with Crippen molar-refractivity contribution in [2.75, 3.05) is 20.2 Å². The fraction of sp³-hybridized carbons (Fsp3) is 0.375. The van der Waals surface area contributed by atoms with Crippen LogP contribution in [0.15, 0.2) is 12.2 Å². The number of carbonyl (C=O) groups is 3. The highest BCUT2D eigenvalue weighted by molar-refractivity contribution is 6.12. The van der Waals surface area contributed by atoms with Gasteiger partial charge in [-0.3, -0.25) is 14.5 Å². The third-order valence-corrected chi connectivity index (χ3v) is 1.69. The van der Waals surface area contributed by atoms with Crippen LogP contribution in [0.1, 0.15) is 0 Å². The predicted octanol–water partition coefficient (Wildman–Crippen LogP) is -0.733. The number of hydrogen-bond acceptors (Lipinski definition) is 4. The Kier molecular flexibility index (Phi) is 3.22. The van der Waals surface area contributed by atoms with Crippen molar-refractivity contribution in [1.29, 1.82) is 0 Å². The van der Waals surface area contributed by atoms with Gasteiger partial charge < -0.3 is 10.1 Å². The molecule has 0 aliphatic carbocycles. The number of ether oxygens (including phenoxy) is 1. The van der Waals surface area contributed by atoms with Gasteiger partial charge in [0.15, 0.2) is 0 Å². The van der Waals surface area contributed by atoms with Gasteiger partial charge in [-0.15, -0.1) is 0 Å². The van der Waals surface area contributed by atoms with E-state index in [1.165, 1.54) is 19.3 Å². The first-order valence-electron chi connectivity index (χ1n) is 4.00. The minimum atomic E-state index is -0.586. The maximum atomic E-state index is 11.0. The minimum Gasteiger partial charge on any atom is -0.453 e. The topological polar surface area (TPSA) is 75.7 Å². The van der Waals surface area contributed by atoms with E-state index in [1.807, 2.05) is 0 Å². The molecular weight excluding hydrogens is 188 g/mol. The van der Waals surface area contributed by atoms with Crippen molar-refractivity contribution in [1.82, 2.24) is 10.2 Å². The summed E-state index contributed by atoms with van der Waals surface area (Å²) in [7, 11) is 1.24. The summed E-state index contributed by atoms with van der Waals surface area (Å²) >= 11 is 0. The molecule has 76 valence electrons. The molecule has 0 spiro atoms. The molecule has 1 rings (SSSR count). The van der Waals surface area contributed by atoms with E-state index in [2.05, 4.69) is 10.1 Å². The quantitative estimate of drug-likeness (QED) is 0.606. The number of hydrogen-bond donors (Lipinski definition) is 1. The average molecular weight is 198 g/mol. The van der Waals surface area contributed by atoms with E-state index >= 15 is 0 Å². The molecule has 0 fully saturated rings. The largest absolute Gasteiger partial charge is 0.453 e. The molecule has 0 aromatic heterocycles. The molecule has 14 heavy (non-hydrogen) atoms. The SMILES string of the molecule is COC(=O)NCCN1C(=O)C=CC1=O. The van der Waals surface area contributed by atoms with Crippen molar-refractivity contribution >= 4 is 17.9 Å². The standard InChI is InChI=1S/C8H10N2O4/c1-14-8(13)9-4-5-10-6(11)2-3-7(10)12/h2-3H,4-5H2,1H3,(H,9,13). The van der Waals surface area contributed by atoms with Crippen LogP contribution in [0.2, 0.25) is 0 Å². The van der Waals surface area contributed by atoms with Crippen LogP contribution >= 0.6 is 0 Å². The molecule has 0 aromatic rings. The summed E-state index contributed by atoms with van der Waals surface area (Å²) in [6.07, 6.45) is 1.80. The Bertz CT molecular complexity index is 280. The number of methoxy groups -OCH3 is 1. The average Bonchev–Trinajstić information content (AvgIpc) is 2.48. The Morgan fingerprint density at radius 3 is 2.50 bits per heavy atom. The summed E-state index contributed by atoms with van der Waals surface area (Å²) in [4.78, 5) is 33.7. The summed E-state index contributed by atoms with van der Waals surface area (Å²) in [6, 6.07) is 0. The minimum absolute atomic E-state index is 0.153. The lowest BCUT2D eigenvalue weighted by atomic mass is 10.5. The van der Waals surface area contributed by atoms with Crippen LogP contribution in [0.5, 0.6) is 0 Å². The zero-order valence-corrected chi connectivity index (χ0v) is 7.65. The monoisotopic (exact) mass is 198 g/mol. The number of carbonyl (C=O) groups excluding carboxylic acids is 3. The molecular formula is C8H10N2O4. The van der Waals surface area contributed by atoms with E-state index in [4.69, 9.17) is 0 Å². The molecule has 3 amide bonds. The van der Waals surface area contributed by atoms with Gasteiger partial charge in [0.05, 0.1) is 7.11 Å². The Morgan fingerprint density at radius 1 is 1.43 bits per heavy atom. The molecule has 6 heteroatoms. The van der Waals surface area contributed by atoms with Gasteiger partial charge >= 0.3 is 6.09 Å². The first kappa shape index (κ1) is 10.2. The number of nitrogens with one attached hydrogen (secondary N) is 1. The van der Waals surface area contributed by atoms with Crippen molar-refractivity contribution in [3.8, 4) is 0 Å². The molecule has 1 aliphatic rings. The van der Waals surface area contributed by atoms with Crippen LogP contribution in [-0.4, -0.2) is 43.0 Å². The number of alkyl carbamates (subject to hydrolysis) is 1. The van der Waals surface area contributed by atoms with Gasteiger partial charge in [-0.25, -0.2) is 4.79 Å². The Labute approximate surface area is 80.5 Å². The first-order valence-corrected chi connectivity index (χ1v) is 4.00. The lowest BCUT2D eigenvalue weighted by molar-refractivity contribution is -0.136. The fourth-order valence-corrected chi connectivity index (χ4v) is 0.993. The molecule has 0 bridgehead atoms. The van der Waals surface area contributed by atoms with E-state index < -0.39 is 6.09 Å². The number of rotatable bonds is 3. The van der Waals surface area contributed by atoms with Crippen molar-refractivity contribution in [3.05, 3.63) is 12.2 Å². The van der Waals surface area contributed by atoms with Crippen LogP contribution in [0.3, 0.4) is 0 Å². The third-order valence-electron chi connectivity index (χ3n) is 1.69. The highest BCUT2D eigenvalue weighted by Gasteiger charge is 2.22. The number of amides is 3. The molecule has 0 radical (unpaired) electrons. The van der Waals surface area contributed by atoms with Gasteiger partial charge in [0, 0.05) is 25.2 Å². The van der Waals surface area contributed by atoms with Crippen LogP contribution in [0.25, 0.3) is 0 Å². The lowest BCUT2D eigenvalue weighted by Gasteiger charge is -2.13. The maximum Gasteiger partial charge on any atom is 0.406 e. The van der Waals surface area contributed by atoms with Gasteiger partial charge in [-0.05, 0) is 0 Å². The fourth-order valence-electron chi connectivity index (χ4n) is 0.993. The molecule has 0 aromatic carbocycles. The lowest BCUT2D eigenvalue weighted by Crippen LogP contribution is -2.38. The van der Waals surface area contributed by atoms with Crippen molar-refractivity contribution in [2.24, 2.45) is 0 Å². The molecule has 1 N–H and O–H groups in total. The van der Waals surface area contributed by atoms with Gasteiger partial charge in [0.2, 0.25) is 0 Å². The second-order valence-electron chi connectivity index (χ2n) is 2.58. The summed E-state index contributed by atoms with van der Waals surface area (Å²) in [5, 5.41) is 2.37. The number of nitrogens with zero attached hydrogens (tertiary/aromatic N) is 1. The summed E-state index contributed by atoms with van der Waals surface area (Å²) in [5.74, 6) is -0.719. The zero-order valence-electron chi connectivity index (χ0n) is 7.65. The molecule has 1 heterocycles. The van der Waals surface area contributed by atoms with E-state index in [1.54, 1.807) is 0 Å². The van der Waals surface area contributed by atoms with Crippen molar-refractivity contribution < 1.29 is 19.1 Å². The predicted molar refractivity (Wildman–Crippen MR) is 46.3 cm³/mol. The molecule has 0 atom stereocenters. The van der Waals surface area contributed by atoms with Crippen molar-refractivity contribution in [2.45, 2.75) is 0 Å². The van der Waals surface area contributed by atoms with Crippen LogP contribution in [-0.2, 0) is 14.3 Å². The van der Waals surface area contributed by atoms with Gasteiger partial charge in [0.1, 0.15) is 0 Å². The van der Waals surface area contributed by atoms with Gasteiger partial charge in [-0.1, -0.05) is 0 Å². The molecule has 0 saturated carbocycles. The van der Waals surface area contributed by atoms with E-state index in [9.17, 15) is 14.4 Å². The smallest absolute Gasteiger partial charge is 0.406 e. The normalized spacial score (nSPS) is 14.8. The molecule has 0 unspecified atom stereocenters. The molecule has 1 aliphatic heterocycles. The van der Waals surface area contributed by atoms with Gasteiger partial charge in [-0.2, -0.15) is 0 Å². The summed E-state index contributed by atoms with van der Waals surface area (Å²) in [5.41, 5.74) is 0. The summed E-state index contributed by atoms with van der Waals surface area (Å²) in [6.45, 7) is 0.339. The van der Waals surface area contributed by atoms with Gasteiger partial charge in [0.25, 0.3) is 11.8 Å². The Balaban J connectivity index is 2.29. The Morgan fingerprint density at radius 2 is 2.00 bits per heavy atom. The Hall–Kier alpha value is -1.85. The van der Waals surface area contributed by atoms with Crippen LogP contribution in [0.4, 0.5) is 4.79 Å². The summed E-state index contributed by atoms with van der Waals surface area (Å²) < 4.78 is 4.31. The highest BCUT2D eigenvalue weighted by atomic mass is 16.5. The third kappa shape index (κ3) is 2.32. The number of imide groups is 1. The van der Waals surface area contributed by atoms with E-state index in [0.717, 1.165) is 4.90 Å². The second-order valence-corrected chi connectivity index (χ2v) is 2.58.